The van der Waals surface area contributed by atoms with Crippen LogP contribution in [0.4, 0.5) is 5.69 Å². The van der Waals surface area contributed by atoms with E-state index < -0.39 is 0 Å². The van der Waals surface area contributed by atoms with Gasteiger partial charge >= 0.3 is 0 Å². The number of hydrogen-bond donors (Lipinski definition) is 2. The van der Waals surface area contributed by atoms with Crippen molar-refractivity contribution >= 4 is 17.0 Å². The Morgan fingerprint density at radius 3 is 3.00 bits per heavy atom. The molecule has 0 atom stereocenters. The van der Waals surface area contributed by atoms with Gasteiger partial charge in [0.25, 0.3) is 0 Å². The summed E-state index contributed by atoms with van der Waals surface area (Å²) in [6.45, 7) is 0.902. The van der Waals surface area contributed by atoms with Gasteiger partial charge in [0.05, 0.1) is 0 Å². The van der Waals surface area contributed by atoms with Crippen LogP contribution in [0.15, 0.2) is 76.3 Å². The summed E-state index contributed by atoms with van der Waals surface area (Å²) in [6.07, 6.45) is 8.70. The molecule has 3 heteroatoms. The number of para-hydroxylation sites is 1. The van der Waals surface area contributed by atoms with Crippen molar-refractivity contribution in [1.29, 1.82) is 0 Å². The van der Waals surface area contributed by atoms with Crippen molar-refractivity contribution < 1.29 is 0 Å². The molecule has 0 unspecified atom stereocenters. The Morgan fingerprint density at radius 1 is 1.14 bits per heavy atom. The minimum absolute atomic E-state index is 0.902. The third-order valence-electron chi connectivity index (χ3n) is 4.13. The van der Waals surface area contributed by atoms with E-state index in [1.54, 1.807) is 11.3 Å². The summed E-state index contributed by atoms with van der Waals surface area (Å²) in [7, 11) is 0. The number of rotatable bonds is 3. The van der Waals surface area contributed by atoms with Crippen molar-refractivity contribution in [2.75, 3.05) is 5.32 Å². The predicted molar refractivity (Wildman–Crippen MR) is 93.8 cm³/mol. The number of nitrogens with one attached hydrogen (secondary N) is 2. The van der Waals surface area contributed by atoms with E-state index in [-0.39, 0.29) is 0 Å². The van der Waals surface area contributed by atoms with Gasteiger partial charge in [0.1, 0.15) is 0 Å². The van der Waals surface area contributed by atoms with Gasteiger partial charge in [-0.3, -0.25) is 0 Å². The highest BCUT2D eigenvalue weighted by Gasteiger charge is 2.16. The standard InChI is InChI=1S/C19H18N2S/c1-2-4-18-15(3-1)5-6-16-11-17(7-8-19(16)21-18)20-12-14-9-10-22-13-14/h1-4,6-10,13,20-21H,5,11-12H2. The zero-order valence-corrected chi connectivity index (χ0v) is 13.1. The summed E-state index contributed by atoms with van der Waals surface area (Å²) in [5.41, 5.74) is 7.83. The molecule has 0 saturated carbocycles. The van der Waals surface area contributed by atoms with E-state index in [0.717, 1.165) is 19.4 Å². The summed E-state index contributed by atoms with van der Waals surface area (Å²) < 4.78 is 0. The molecule has 2 aromatic rings. The molecule has 1 aliphatic heterocycles. The van der Waals surface area contributed by atoms with Crippen molar-refractivity contribution in [3.05, 3.63) is 87.4 Å². The summed E-state index contributed by atoms with van der Waals surface area (Å²) in [6, 6.07) is 10.7. The first-order valence-electron chi connectivity index (χ1n) is 7.58. The summed E-state index contributed by atoms with van der Waals surface area (Å²) in [4.78, 5) is 0. The van der Waals surface area contributed by atoms with E-state index >= 15 is 0 Å². The second-order valence-corrected chi connectivity index (χ2v) is 6.43. The van der Waals surface area contributed by atoms with E-state index in [1.165, 1.54) is 33.8 Å². The molecule has 2 N–H and O–H groups in total. The van der Waals surface area contributed by atoms with E-state index in [1.807, 2.05) is 0 Å². The van der Waals surface area contributed by atoms with Crippen LogP contribution in [0, 0.1) is 0 Å². The molecule has 0 saturated heterocycles. The molecule has 2 nitrogen and oxygen atoms in total. The van der Waals surface area contributed by atoms with Crippen molar-refractivity contribution in [3.8, 4) is 0 Å². The fraction of sp³-hybridized carbons (Fsp3) is 0.158. The Bertz CT molecular complexity index is 766. The zero-order chi connectivity index (χ0) is 14.8. The molecule has 22 heavy (non-hydrogen) atoms. The number of hydrogen-bond acceptors (Lipinski definition) is 3. The summed E-state index contributed by atoms with van der Waals surface area (Å²) in [5, 5.41) is 11.4. The molecule has 2 aliphatic rings. The van der Waals surface area contributed by atoms with Crippen LogP contribution < -0.4 is 10.6 Å². The van der Waals surface area contributed by atoms with Crippen LogP contribution >= 0.6 is 11.3 Å². The van der Waals surface area contributed by atoms with Crippen molar-refractivity contribution in [2.24, 2.45) is 0 Å². The molecular formula is C19H18N2S. The van der Waals surface area contributed by atoms with Crippen LogP contribution in [-0.4, -0.2) is 0 Å². The summed E-state index contributed by atoms with van der Waals surface area (Å²) in [5.74, 6) is 0. The fourth-order valence-corrected chi connectivity index (χ4v) is 3.55. The van der Waals surface area contributed by atoms with Crippen molar-refractivity contribution in [3.63, 3.8) is 0 Å². The van der Waals surface area contributed by atoms with Crippen LogP contribution in [0.2, 0.25) is 0 Å². The average Bonchev–Trinajstić information content (AvgIpc) is 3.00. The molecule has 0 amide bonds. The van der Waals surface area contributed by atoms with Gasteiger partial charge in [-0.15, -0.1) is 0 Å². The van der Waals surface area contributed by atoms with Gasteiger partial charge in [-0.2, -0.15) is 11.3 Å². The second kappa shape index (κ2) is 5.85. The molecule has 1 aliphatic carbocycles. The number of fused-ring (bicyclic) bond motifs is 2. The zero-order valence-electron chi connectivity index (χ0n) is 12.3. The highest BCUT2D eigenvalue weighted by atomic mass is 32.1. The van der Waals surface area contributed by atoms with Crippen LogP contribution in [0.1, 0.15) is 17.5 Å². The first-order valence-corrected chi connectivity index (χ1v) is 8.53. The highest BCUT2D eigenvalue weighted by Crippen LogP contribution is 2.30. The normalized spacial score (nSPS) is 16.3. The van der Waals surface area contributed by atoms with Gasteiger partial charge in [-0.25, -0.2) is 0 Å². The smallest absolute Gasteiger partial charge is 0.0420 e. The Morgan fingerprint density at radius 2 is 2.09 bits per heavy atom. The maximum absolute atomic E-state index is 3.57. The number of benzene rings is 1. The van der Waals surface area contributed by atoms with Crippen LogP contribution in [-0.2, 0) is 13.0 Å². The topological polar surface area (TPSA) is 24.1 Å². The van der Waals surface area contributed by atoms with Gasteiger partial charge in [0.2, 0.25) is 0 Å². The molecule has 0 fully saturated rings. The monoisotopic (exact) mass is 306 g/mol. The molecule has 0 spiro atoms. The second-order valence-electron chi connectivity index (χ2n) is 5.65. The first-order chi connectivity index (χ1) is 10.9. The molecule has 110 valence electrons. The first kappa shape index (κ1) is 13.4. The van der Waals surface area contributed by atoms with E-state index in [9.17, 15) is 0 Å². The number of thiophene rings is 1. The van der Waals surface area contributed by atoms with Gasteiger partial charge < -0.3 is 10.6 Å². The third kappa shape index (κ3) is 2.72. The van der Waals surface area contributed by atoms with Gasteiger partial charge in [-0.1, -0.05) is 24.3 Å². The minimum atomic E-state index is 0.902. The number of anilines is 1. The Kier molecular flexibility index (Phi) is 3.57. The van der Waals surface area contributed by atoms with E-state index in [4.69, 9.17) is 0 Å². The van der Waals surface area contributed by atoms with E-state index in [2.05, 4.69) is 70.0 Å². The lowest BCUT2D eigenvalue weighted by atomic mass is 10.00. The van der Waals surface area contributed by atoms with E-state index in [0.29, 0.717) is 0 Å². The van der Waals surface area contributed by atoms with Crippen LogP contribution in [0.5, 0.6) is 0 Å². The predicted octanol–water partition coefficient (Wildman–Crippen LogP) is 4.60. The lowest BCUT2D eigenvalue weighted by Crippen LogP contribution is -2.16. The molecule has 0 radical (unpaired) electrons. The molecule has 2 heterocycles. The molecule has 0 bridgehead atoms. The maximum atomic E-state index is 3.57. The lowest BCUT2D eigenvalue weighted by Gasteiger charge is -2.20. The number of allylic oxidation sites excluding steroid dienone is 5. The Balaban J connectivity index is 1.51. The average molecular weight is 306 g/mol. The van der Waals surface area contributed by atoms with Gasteiger partial charge in [-0.05, 0) is 58.2 Å². The molecule has 4 rings (SSSR count). The Hall–Kier alpha value is -2.26. The fourth-order valence-electron chi connectivity index (χ4n) is 2.88. The van der Waals surface area contributed by atoms with Gasteiger partial charge in [0, 0.05) is 30.0 Å². The van der Waals surface area contributed by atoms with Crippen LogP contribution in [0.25, 0.3) is 0 Å². The maximum Gasteiger partial charge on any atom is 0.0420 e. The minimum Gasteiger partial charge on any atom is -0.384 e. The Labute approximate surface area is 134 Å². The third-order valence-corrected chi connectivity index (χ3v) is 4.86. The lowest BCUT2D eigenvalue weighted by molar-refractivity contribution is 0.778. The molecule has 1 aromatic carbocycles. The molecular weight excluding hydrogens is 288 g/mol. The van der Waals surface area contributed by atoms with Crippen molar-refractivity contribution in [2.45, 2.75) is 19.4 Å². The SMILES string of the molecule is C1=C(NCc2ccsc2)CC2=CCc3ccccc3NC2=C1. The summed E-state index contributed by atoms with van der Waals surface area (Å²) >= 11 is 1.75. The van der Waals surface area contributed by atoms with Gasteiger partial charge in [0.15, 0.2) is 0 Å². The highest BCUT2D eigenvalue weighted by molar-refractivity contribution is 7.07. The van der Waals surface area contributed by atoms with Crippen molar-refractivity contribution in [1.82, 2.24) is 5.32 Å². The molecule has 1 aromatic heterocycles. The largest absolute Gasteiger partial charge is 0.384 e. The van der Waals surface area contributed by atoms with Crippen LogP contribution in [0.3, 0.4) is 0 Å². The quantitative estimate of drug-likeness (QED) is 0.865.